The van der Waals surface area contributed by atoms with Gasteiger partial charge in [-0.1, -0.05) is 0 Å². The van der Waals surface area contributed by atoms with E-state index in [0.717, 1.165) is 72.8 Å². The molecule has 0 spiro atoms. The topological polar surface area (TPSA) is 281 Å². The normalized spacial score (nSPS) is 14.5. The van der Waals surface area contributed by atoms with Crippen molar-refractivity contribution in [1.29, 1.82) is 0 Å². The van der Waals surface area contributed by atoms with Crippen molar-refractivity contribution in [1.82, 2.24) is 0 Å². The monoisotopic (exact) mass is 736 g/mol. The standard InChI is InChI=1S/C22H25O16PS5/c23-40(24,25)16-2-1-15-39(38-44(35,36)37,17-3-9-20(10-4-17)41(26,27)28,18-5-11-21(12-6-18)42(29,30)31)19-7-13-22(14-8-19)43(32,33)34/h3-14H,1-2,15-16H2,(H,23,24,25)(H,26,27,28)(H,29,30,31)(H,32,33,34)(H,35,36,37). The van der Waals surface area contributed by atoms with Gasteiger partial charge in [0.1, 0.15) is 0 Å². The molecule has 0 aliphatic carbocycles. The first-order valence-electron chi connectivity index (χ1n) is 11.8. The number of hydrogen-bond donors (Lipinski definition) is 5. The molecular weight excluding hydrogens is 712 g/mol. The Hall–Kier alpha value is -2.40. The van der Waals surface area contributed by atoms with E-state index in [2.05, 4.69) is 0 Å². The van der Waals surface area contributed by atoms with E-state index in [9.17, 15) is 64.9 Å². The molecule has 0 saturated carbocycles. The molecule has 0 aromatic heterocycles. The Labute approximate surface area is 253 Å². The maximum atomic E-state index is 12.7. The molecule has 44 heavy (non-hydrogen) atoms. The van der Waals surface area contributed by atoms with Crippen molar-refractivity contribution in [3.05, 3.63) is 72.8 Å². The molecule has 244 valence electrons. The summed E-state index contributed by atoms with van der Waals surface area (Å²) in [5.74, 6) is -0.823. The fourth-order valence-electron chi connectivity index (χ4n) is 4.71. The molecular formula is C22H25O16PS5. The van der Waals surface area contributed by atoms with E-state index in [-0.39, 0.29) is 28.8 Å². The Morgan fingerprint density at radius 2 is 0.773 bits per heavy atom. The summed E-state index contributed by atoms with van der Waals surface area (Å²) < 4.78 is 172. The molecule has 0 fully saturated rings. The van der Waals surface area contributed by atoms with Crippen molar-refractivity contribution < 1.29 is 68.8 Å². The Morgan fingerprint density at radius 3 is 1.00 bits per heavy atom. The van der Waals surface area contributed by atoms with Crippen LogP contribution in [-0.4, -0.2) is 76.8 Å². The molecule has 0 heterocycles. The molecule has 0 aliphatic rings. The Kier molecular flexibility index (Phi) is 9.90. The van der Waals surface area contributed by atoms with Crippen LogP contribution in [0.25, 0.3) is 0 Å². The number of benzene rings is 3. The molecule has 22 heteroatoms. The molecule has 0 amide bonds. The van der Waals surface area contributed by atoms with Crippen molar-refractivity contribution in [2.75, 3.05) is 11.9 Å². The van der Waals surface area contributed by atoms with Crippen molar-refractivity contribution >= 4 is 73.6 Å². The molecule has 5 N–H and O–H groups in total. The van der Waals surface area contributed by atoms with E-state index in [0.29, 0.717) is 0 Å². The van der Waals surface area contributed by atoms with Gasteiger partial charge >= 0.3 is 255 Å². The van der Waals surface area contributed by atoms with Crippen molar-refractivity contribution in [2.45, 2.75) is 27.5 Å². The zero-order valence-corrected chi connectivity index (χ0v) is 26.9. The first-order chi connectivity index (χ1) is 19.9. The summed E-state index contributed by atoms with van der Waals surface area (Å²) in [5, 5.41) is -0.647. The van der Waals surface area contributed by atoms with Gasteiger partial charge in [0, 0.05) is 0 Å². The molecule has 3 rings (SSSR count). The molecule has 0 bridgehead atoms. The second kappa shape index (κ2) is 12.1. The van der Waals surface area contributed by atoms with Crippen molar-refractivity contribution in [3.63, 3.8) is 0 Å². The zero-order valence-electron chi connectivity index (χ0n) is 22.0. The van der Waals surface area contributed by atoms with Gasteiger partial charge in [-0.15, -0.1) is 0 Å². The van der Waals surface area contributed by atoms with Gasteiger partial charge in [0.25, 0.3) is 0 Å². The van der Waals surface area contributed by atoms with Crippen molar-refractivity contribution in [3.8, 4) is 0 Å². The summed E-state index contributed by atoms with van der Waals surface area (Å²) in [5.41, 5.74) is 0. The van der Waals surface area contributed by atoms with Gasteiger partial charge in [0.05, 0.1) is 0 Å². The van der Waals surface area contributed by atoms with E-state index in [1.807, 2.05) is 0 Å². The summed E-state index contributed by atoms with van der Waals surface area (Å²) in [6, 6.07) is 11.1. The predicted octanol–water partition coefficient (Wildman–Crippen LogP) is 0.659. The van der Waals surface area contributed by atoms with Crippen LogP contribution in [-0.2, 0) is 54.8 Å². The van der Waals surface area contributed by atoms with Crippen LogP contribution in [0, 0.1) is 0 Å². The third-order valence-corrected chi connectivity index (χ3v) is 17.4. The minimum atomic E-state index is -5.58. The minimum absolute atomic E-state index is 0.216. The first kappa shape index (κ1) is 36.1. The Morgan fingerprint density at radius 1 is 0.477 bits per heavy atom. The first-order valence-corrected chi connectivity index (χ1v) is 21.4. The van der Waals surface area contributed by atoms with Crippen LogP contribution in [0.15, 0.2) is 87.5 Å². The molecule has 0 aliphatic heterocycles. The van der Waals surface area contributed by atoms with Gasteiger partial charge in [-0.2, -0.15) is 0 Å². The average molecular weight is 737 g/mol. The molecule has 3 aromatic carbocycles. The van der Waals surface area contributed by atoms with Crippen LogP contribution in [0.1, 0.15) is 12.8 Å². The molecule has 16 nitrogen and oxygen atoms in total. The van der Waals surface area contributed by atoms with Crippen LogP contribution >= 0.6 is 6.83 Å². The predicted molar refractivity (Wildman–Crippen MR) is 158 cm³/mol. The zero-order chi connectivity index (χ0) is 33.4. The van der Waals surface area contributed by atoms with Crippen LogP contribution < -0.4 is 15.9 Å². The summed E-state index contributed by atoms with van der Waals surface area (Å²) in [6.07, 6.45) is -1.23. The number of rotatable bonds is 13. The fourth-order valence-corrected chi connectivity index (χ4v) is 14.5. The quantitative estimate of drug-likeness (QED) is 0.0915. The molecule has 0 atom stereocenters. The second-order valence-corrected chi connectivity index (χ2v) is 21.0. The van der Waals surface area contributed by atoms with E-state index in [4.69, 9.17) is 3.97 Å². The van der Waals surface area contributed by atoms with Crippen LogP contribution in [0.4, 0.5) is 0 Å². The van der Waals surface area contributed by atoms with Crippen LogP contribution in [0.5, 0.6) is 0 Å². The van der Waals surface area contributed by atoms with E-state index >= 15 is 0 Å². The van der Waals surface area contributed by atoms with E-state index < -0.39 is 84.3 Å². The SMILES string of the molecule is O=S(=O)(O)CCCCP(OS(=O)(=O)O)(c1ccc(S(=O)(=O)O)cc1)(c1ccc(S(=O)(=O)O)cc1)c1ccc(S(=O)(=O)O)cc1. The molecule has 0 unspecified atom stereocenters. The summed E-state index contributed by atoms with van der Waals surface area (Å²) in [7, 11) is -24.5. The maximum absolute atomic E-state index is 12.7. The Bertz CT molecular complexity index is 1910. The summed E-state index contributed by atoms with van der Waals surface area (Å²) in [4.78, 5) is -2.00. The van der Waals surface area contributed by atoms with Gasteiger partial charge in [0.15, 0.2) is 0 Å². The van der Waals surface area contributed by atoms with Crippen LogP contribution in [0.2, 0.25) is 0 Å². The van der Waals surface area contributed by atoms with Gasteiger partial charge < -0.3 is 0 Å². The second-order valence-electron chi connectivity index (χ2n) is 9.34. The van der Waals surface area contributed by atoms with Gasteiger partial charge in [-0.25, -0.2) is 0 Å². The molecule has 0 saturated heterocycles. The third kappa shape index (κ3) is 7.87. The van der Waals surface area contributed by atoms with Crippen LogP contribution in [0.3, 0.4) is 0 Å². The average Bonchev–Trinajstić information content (AvgIpc) is 2.88. The number of unbranched alkanes of at least 4 members (excludes halogenated alkanes) is 1. The van der Waals surface area contributed by atoms with Gasteiger partial charge in [-0.3, -0.25) is 0 Å². The summed E-state index contributed by atoms with van der Waals surface area (Å²) >= 11 is 0. The van der Waals surface area contributed by atoms with Gasteiger partial charge in [-0.05, 0) is 0 Å². The fraction of sp³-hybridized carbons (Fsp3) is 0.182. The van der Waals surface area contributed by atoms with Crippen molar-refractivity contribution in [2.24, 2.45) is 0 Å². The third-order valence-electron chi connectivity index (χ3n) is 6.54. The number of hydrogen-bond acceptors (Lipinski definition) is 11. The Balaban J connectivity index is 2.59. The van der Waals surface area contributed by atoms with E-state index in [1.54, 1.807) is 0 Å². The molecule has 3 aromatic rings. The molecule has 0 radical (unpaired) electrons. The van der Waals surface area contributed by atoms with E-state index in [1.165, 1.54) is 0 Å². The summed E-state index contributed by atoms with van der Waals surface area (Å²) in [6.45, 7) is -5.43. The van der Waals surface area contributed by atoms with Gasteiger partial charge in [0.2, 0.25) is 0 Å².